The van der Waals surface area contributed by atoms with Crippen LogP contribution in [0.2, 0.25) is 0 Å². The number of nitriles is 1. The zero-order valence-corrected chi connectivity index (χ0v) is 20.7. The summed E-state index contributed by atoms with van der Waals surface area (Å²) in [5, 5.41) is 9.72. The molecular weight excluding hydrogens is 452 g/mol. The number of hydrogen-bond donors (Lipinski definition) is 0. The minimum Gasteiger partial charge on any atom is -0.493 e. The van der Waals surface area contributed by atoms with Gasteiger partial charge < -0.3 is 19.1 Å². The number of aryl methyl sites for hydroxylation is 1. The van der Waals surface area contributed by atoms with Crippen molar-refractivity contribution in [3.63, 3.8) is 0 Å². The smallest absolute Gasteiger partial charge is 0.268 e. The maximum absolute atomic E-state index is 13.1. The molecule has 0 saturated carbocycles. The molecule has 4 rings (SSSR count). The molecule has 1 aliphatic heterocycles. The maximum Gasteiger partial charge on any atom is 0.268 e. The quantitative estimate of drug-likeness (QED) is 0.209. The predicted molar refractivity (Wildman–Crippen MR) is 140 cm³/mol. The van der Waals surface area contributed by atoms with Crippen LogP contribution in [0.4, 0.5) is 5.69 Å². The molecular formula is C30H30N2O4. The van der Waals surface area contributed by atoms with E-state index in [0.29, 0.717) is 49.8 Å². The third-order valence-corrected chi connectivity index (χ3v) is 5.90. The Hall–Kier alpha value is -4.24. The zero-order valence-electron chi connectivity index (χ0n) is 20.7. The molecule has 0 radical (unpaired) electrons. The van der Waals surface area contributed by atoms with Gasteiger partial charge in [0.1, 0.15) is 17.4 Å². The number of ether oxygens (including phenoxy) is 3. The van der Waals surface area contributed by atoms with E-state index < -0.39 is 0 Å². The summed E-state index contributed by atoms with van der Waals surface area (Å²) < 4.78 is 17.5. The lowest BCUT2D eigenvalue weighted by atomic mass is 10.1. The molecule has 0 unspecified atom stereocenters. The van der Waals surface area contributed by atoms with Crippen LogP contribution in [-0.2, 0) is 11.2 Å². The molecule has 3 aromatic carbocycles. The normalized spacial score (nSPS) is 12.6. The molecule has 0 bridgehead atoms. The van der Waals surface area contributed by atoms with Gasteiger partial charge in [0, 0.05) is 18.7 Å². The predicted octanol–water partition coefficient (Wildman–Crippen LogP) is 5.74. The number of para-hydroxylation sites is 1. The van der Waals surface area contributed by atoms with E-state index >= 15 is 0 Å². The summed E-state index contributed by atoms with van der Waals surface area (Å²) in [4.78, 5) is 14.8. The van der Waals surface area contributed by atoms with Crippen LogP contribution < -0.4 is 19.1 Å². The Morgan fingerprint density at radius 2 is 1.78 bits per heavy atom. The van der Waals surface area contributed by atoms with Crippen LogP contribution in [0.3, 0.4) is 0 Å². The Morgan fingerprint density at radius 3 is 2.56 bits per heavy atom. The van der Waals surface area contributed by atoms with E-state index in [1.807, 2.05) is 74.5 Å². The SMILES string of the molecule is CCOc1cc(/C=C(\C#N)C(=O)N2CCc3ccccc32)ccc1OCCCOc1ccc(C)cc1. The molecule has 184 valence electrons. The van der Waals surface area contributed by atoms with Crippen LogP contribution in [0.15, 0.2) is 72.3 Å². The van der Waals surface area contributed by atoms with E-state index in [0.717, 1.165) is 23.4 Å². The molecule has 0 spiro atoms. The average molecular weight is 483 g/mol. The fourth-order valence-electron chi connectivity index (χ4n) is 4.07. The first-order valence-corrected chi connectivity index (χ1v) is 12.2. The van der Waals surface area contributed by atoms with Crippen molar-refractivity contribution < 1.29 is 19.0 Å². The van der Waals surface area contributed by atoms with Gasteiger partial charge in [0.15, 0.2) is 11.5 Å². The number of anilines is 1. The Bertz CT molecular complexity index is 1270. The Balaban J connectivity index is 1.40. The highest BCUT2D eigenvalue weighted by Gasteiger charge is 2.26. The number of carbonyl (C=O) groups is 1. The van der Waals surface area contributed by atoms with Gasteiger partial charge in [-0.15, -0.1) is 0 Å². The van der Waals surface area contributed by atoms with Crippen LogP contribution in [0, 0.1) is 18.3 Å². The van der Waals surface area contributed by atoms with Gasteiger partial charge in [0.05, 0.1) is 19.8 Å². The van der Waals surface area contributed by atoms with Crippen LogP contribution >= 0.6 is 0 Å². The highest BCUT2D eigenvalue weighted by Crippen LogP contribution is 2.31. The van der Waals surface area contributed by atoms with Gasteiger partial charge in [-0.05, 0) is 67.8 Å². The van der Waals surface area contributed by atoms with Crippen molar-refractivity contribution in [2.24, 2.45) is 0 Å². The van der Waals surface area contributed by atoms with Crippen molar-refractivity contribution in [2.75, 3.05) is 31.3 Å². The van der Waals surface area contributed by atoms with E-state index in [-0.39, 0.29) is 11.5 Å². The maximum atomic E-state index is 13.1. The molecule has 6 nitrogen and oxygen atoms in total. The number of carbonyl (C=O) groups excluding carboxylic acids is 1. The highest BCUT2D eigenvalue weighted by atomic mass is 16.5. The van der Waals surface area contributed by atoms with Crippen LogP contribution in [0.5, 0.6) is 17.2 Å². The fourth-order valence-corrected chi connectivity index (χ4v) is 4.07. The molecule has 0 fully saturated rings. The van der Waals surface area contributed by atoms with Crippen molar-refractivity contribution in [1.82, 2.24) is 0 Å². The number of nitrogens with zero attached hydrogens (tertiary/aromatic N) is 2. The van der Waals surface area contributed by atoms with Gasteiger partial charge in [-0.3, -0.25) is 4.79 Å². The van der Waals surface area contributed by atoms with Crippen molar-refractivity contribution in [3.05, 3.63) is 89.0 Å². The molecule has 0 aromatic heterocycles. The lowest BCUT2D eigenvalue weighted by Gasteiger charge is -2.17. The third-order valence-electron chi connectivity index (χ3n) is 5.90. The second kappa shape index (κ2) is 11.9. The van der Waals surface area contributed by atoms with E-state index in [2.05, 4.69) is 6.07 Å². The Labute approximate surface area is 212 Å². The summed E-state index contributed by atoms with van der Waals surface area (Å²) in [6.45, 7) is 5.99. The topological polar surface area (TPSA) is 71.8 Å². The van der Waals surface area contributed by atoms with E-state index in [1.165, 1.54) is 5.56 Å². The van der Waals surface area contributed by atoms with E-state index in [4.69, 9.17) is 14.2 Å². The average Bonchev–Trinajstić information content (AvgIpc) is 3.33. The van der Waals surface area contributed by atoms with Gasteiger partial charge >= 0.3 is 0 Å². The second-order valence-electron chi connectivity index (χ2n) is 8.51. The van der Waals surface area contributed by atoms with Crippen molar-refractivity contribution in [2.45, 2.75) is 26.7 Å². The first-order valence-electron chi connectivity index (χ1n) is 12.2. The third kappa shape index (κ3) is 6.05. The standard InChI is InChI=1S/C30H30N2O4/c1-3-34-29-20-23(11-14-28(29)36-18-6-17-35-26-12-9-22(2)10-13-26)19-25(21-31)30(33)32-16-15-24-7-4-5-8-27(24)32/h4-5,7-14,19-20H,3,6,15-18H2,1-2H3/b25-19+. The zero-order chi connectivity index (χ0) is 25.3. The largest absolute Gasteiger partial charge is 0.493 e. The number of benzene rings is 3. The molecule has 6 heteroatoms. The first-order chi connectivity index (χ1) is 17.6. The van der Waals surface area contributed by atoms with Crippen LogP contribution in [0.25, 0.3) is 6.08 Å². The Kier molecular flexibility index (Phi) is 8.25. The van der Waals surface area contributed by atoms with E-state index in [1.54, 1.807) is 17.0 Å². The van der Waals surface area contributed by atoms with Crippen LogP contribution in [-0.4, -0.2) is 32.3 Å². The fraction of sp³-hybridized carbons (Fsp3) is 0.267. The van der Waals surface area contributed by atoms with Gasteiger partial charge in [-0.2, -0.15) is 5.26 Å². The van der Waals surface area contributed by atoms with Crippen molar-refractivity contribution in [3.8, 4) is 23.3 Å². The molecule has 0 atom stereocenters. The summed E-state index contributed by atoms with van der Waals surface area (Å²) in [5.74, 6) is 1.73. The van der Waals surface area contributed by atoms with Gasteiger partial charge in [0.25, 0.3) is 5.91 Å². The van der Waals surface area contributed by atoms with Crippen molar-refractivity contribution >= 4 is 17.7 Å². The summed E-state index contributed by atoms with van der Waals surface area (Å²) >= 11 is 0. The number of fused-ring (bicyclic) bond motifs is 1. The van der Waals surface area contributed by atoms with Gasteiger partial charge in [-0.1, -0.05) is 42.0 Å². The molecule has 0 aliphatic carbocycles. The number of amides is 1. The minimum absolute atomic E-state index is 0.0797. The molecule has 3 aromatic rings. The summed E-state index contributed by atoms with van der Waals surface area (Å²) in [5.41, 5.74) is 3.96. The highest BCUT2D eigenvalue weighted by molar-refractivity contribution is 6.12. The Morgan fingerprint density at radius 1 is 1.00 bits per heavy atom. The molecule has 0 saturated heterocycles. The van der Waals surface area contributed by atoms with Gasteiger partial charge in [0.2, 0.25) is 0 Å². The molecule has 0 N–H and O–H groups in total. The molecule has 1 heterocycles. The lowest BCUT2D eigenvalue weighted by molar-refractivity contribution is -0.114. The van der Waals surface area contributed by atoms with E-state index in [9.17, 15) is 10.1 Å². The number of rotatable bonds is 10. The monoisotopic (exact) mass is 482 g/mol. The molecule has 1 amide bonds. The first kappa shape index (κ1) is 24.9. The molecule has 36 heavy (non-hydrogen) atoms. The summed E-state index contributed by atoms with van der Waals surface area (Å²) in [7, 11) is 0. The lowest BCUT2D eigenvalue weighted by Crippen LogP contribution is -2.29. The molecule has 1 aliphatic rings. The van der Waals surface area contributed by atoms with Gasteiger partial charge in [-0.25, -0.2) is 0 Å². The number of hydrogen-bond acceptors (Lipinski definition) is 5. The second-order valence-corrected chi connectivity index (χ2v) is 8.51. The summed E-state index contributed by atoms with van der Waals surface area (Å²) in [6, 6.07) is 23.2. The minimum atomic E-state index is -0.297. The summed E-state index contributed by atoms with van der Waals surface area (Å²) in [6.07, 6.45) is 3.10. The van der Waals surface area contributed by atoms with Crippen molar-refractivity contribution in [1.29, 1.82) is 5.26 Å². The van der Waals surface area contributed by atoms with Crippen LogP contribution in [0.1, 0.15) is 30.0 Å².